The standard InChI is InChI=1S/C9H10BrF2NO/c1-5(13)4-14-9-6(10)2-3-7(11)8(9)12/h2-3,5H,4,13H2,1H3/t5-/m0/s1. The van der Waals surface area contributed by atoms with Crippen LogP contribution in [0.1, 0.15) is 6.92 Å². The van der Waals surface area contributed by atoms with Crippen molar-refractivity contribution in [1.29, 1.82) is 0 Å². The quantitative estimate of drug-likeness (QED) is 0.853. The lowest BCUT2D eigenvalue weighted by atomic mass is 10.3. The highest BCUT2D eigenvalue weighted by Crippen LogP contribution is 2.29. The topological polar surface area (TPSA) is 35.2 Å². The molecular formula is C9H10BrF2NO. The van der Waals surface area contributed by atoms with E-state index in [1.165, 1.54) is 6.07 Å². The lowest BCUT2D eigenvalue weighted by Gasteiger charge is -2.11. The van der Waals surface area contributed by atoms with Gasteiger partial charge in [0.05, 0.1) is 4.47 Å². The normalized spacial score (nSPS) is 12.6. The first-order chi connectivity index (χ1) is 6.52. The van der Waals surface area contributed by atoms with Crippen LogP contribution in [0.4, 0.5) is 8.78 Å². The summed E-state index contributed by atoms with van der Waals surface area (Å²) in [6.07, 6.45) is 0. The van der Waals surface area contributed by atoms with Crippen LogP contribution in [-0.4, -0.2) is 12.6 Å². The molecule has 0 aromatic heterocycles. The van der Waals surface area contributed by atoms with Gasteiger partial charge >= 0.3 is 0 Å². The molecule has 1 aromatic rings. The van der Waals surface area contributed by atoms with Crippen LogP contribution in [0.5, 0.6) is 5.75 Å². The predicted octanol–water partition coefficient (Wildman–Crippen LogP) is 2.45. The Morgan fingerprint density at radius 3 is 2.71 bits per heavy atom. The van der Waals surface area contributed by atoms with Crippen LogP contribution >= 0.6 is 15.9 Å². The van der Waals surface area contributed by atoms with Crippen LogP contribution in [0.2, 0.25) is 0 Å². The Labute approximate surface area is 89.2 Å². The third-order valence-corrected chi connectivity index (χ3v) is 2.12. The highest BCUT2D eigenvalue weighted by molar-refractivity contribution is 9.10. The second-order valence-electron chi connectivity index (χ2n) is 2.96. The second-order valence-corrected chi connectivity index (χ2v) is 3.81. The minimum Gasteiger partial charge on any atom is -0.488 e. The first-order valence-electron chi connectivity index (χ1n) is 4.04. The molecule has 1 rings (SSSR count). The Hall–Kier alpha value is -0.680. The molecule has 5 heteroatoms. The third kappa shape index (κ3) is 2.65. The highest BCUT2D eigenvalue weighted by atomic mass is 79.9. The van der Waals surface area contributed by atoms with Gasteiger partial charge in [-0.3, -0.25) is 0 Å². The van der Waals surface area contributed by atoms with Crippen LogP contribution < -0.4 is 10.5 Å². The molecule has 14 heavy (non-hydrogen) atoms. The second kappa shape index (κ2) is 4.70. The minimum atomic E-state index is -1.000. The third-order valence-electron chi connectivity index (χ3n) is 1.49. The van der Waals surface area contributed by atoms with Crippen molar-refractivity contribution in [3.8, 4) is 5.75 Å². The van der Waals surface area contributed by atoms with Gasteiger partial charge in [-0.2, -0.15) is 4.39 Å². The first-order valence-corrected chi connectivity index (χ1v) is 4.83. The SMILES string of the molecule is C[C@H](N)COc1c(Br)ccc(F)c1F. The monoisotopic (exact) mass is 265 g/mol. The zero-order valence-electron chi connectivity index (χ0n) is 7.56. The van der Waals surface area contributed by atoms with E-state index in [0.717, 1.165) is 6.07 Å². The molecule has 0 amide bonds. The Kier molecular flexibility index (Phi) is 3.83. The van der Waals surface area contributed by atoms with Crippen LogP contribution in [0, 0.1) is 11.6 Å². The van der Waals surface area contributed by atoms with Crippen molar-refractivity contribution in [2.24, 2.45) is 5.73 Å². The van der Waals surface area contributed by atoms with Gasteiger partial charge in [-0.25, -0.2) is 4.39 Å². The smallest absolute Gasteiger partial charge is 0.201 e. The van der Waals surface area contributed by atoms with Gasteiger partial charge in [0.2, 0.25) is 5.82 Å². The maximum atomic E-state index is 13.1. The van der Waals surface area contributed by atoms with Crippen molar-refractivity contribution in [3.63, 3.8) is 0 Å². The number of halogens is 3. The summed E-state index contributed by atoms with van der Waals surface area (Å²) in [5.41, 5.74) is 5.42. The summed E-state index contributed by atoms with van der Waals surface area (Å²) < 4.78 is 31.3. The number of hydrogen-bond donors (Lipinski definition) is 1. The molecule has 0 unspecified atom stereocenters. The molecule has 78 valence electrons. The largest absolute Gasteiger partial charge is 0.488 e. The van der Waals surface area contributed by atoms with E-state index in [0.29, 0.717) is 4.47 Å². The van der Waals surface area contributed by atoms with Crippen LogP contribution in [-0.2, 0) is 0 Å². The molecule has 0 bridgehead atoms. The molecule has 1 aromatic carbocycles. The first kappa shape index (κ1) is 11.4. The predicted molar refractivity (Wildman–Crippen MR) is 53.2 cm³/mol. The van der Waals surface area contributed by atoms with E-state index in [4.69, 9.17) is 10.5 Å². The van der Waals surface area contributed by atoms with Crippen molar-refractivity contribution in [2.45, 2.75) is 13.0 Å². The van der Waals surface area contributed by atoms with Crippen LogP contribution in [0.15, 0.2) is 16.6 Å². The van der Waals surface area contributed by atoms with E-state index < -0.39 is 11.6 Å². The number of benzene rings is 1. The maximum Gasteiger partial charge on any atom is 0.201 e. The van der Waals surface area contributed by atoms with E-state index in [9.17, 15) is 8.78 Å². The molecule has 0 aliphatic rings. The number of rotatable bonds is 3. The molecule has 0 spiro atoms. The molecule has 0 aliphatic carbocycles. The van der Waals surface area contributed by atoms with Crippen molar-refractivity contribution in [1.82, 2.24) is 0 Å². The van der Waals surface area contributed by atoms with Crippen molar-refractivity contribution >= 4 is 15.9 Å². The molecule has 2 N–H and O–H groups in total. The summed E-state index contributed by atoms with van der Waals surface area (Å²) in [5.74, 6) is -2.07. The lowest BCUT2D eigenvalue weighted by molar-refractivity contribution is 0.275. The average molecular weight is 266 g/mol. The molecule has 0 aliphatic heterocycles. The fraction of sp³-hybridized carbons (Fsp3) is 0.333. The van der Waals surface area contributed by atoms with Crippen molar-refractivity contribution < 1.29 is 13.5 Å². The number of hydrogen-bond acceptors (Lipinski definition) is 2. The van der Waals surface area contributed by atoms with Crippen LogP contribution in [0.3, 0.4) is 0 Å². The van der Waals surface area contributed by atoms with Gasteiger partial charge in [-0.1, -0.05) is 0 Å². The minimum absolute atomic E-state index is 0.137. The van der Waals surface area contributed by atoms with Gasteiger partial charge < -0.3 is 10.5 Å². The molecule has 0 radical (unpaired) electrons. The summed E-state index contributed by atoms with van der Waals surface area (Å²) in [6.45, 7) is 1.85. The lowest BCUT2D eigenvalue weighted by Crippen LogP contribution is -2.24. The number of ether oxygens (including phenoxy) is 1. The molecule has 0 saturated heterocycles. The number of nitrogens with two attached hydrogens (primary N) is 1. The Morgan fingerprint density at radius 1 is 1.50 bits per heavy atom. The highest BCUT2D eigenvalue weighted by Gasteiger charge is 2.13. The van der Waals surface area contributed by atoms with Crippen LogP contribution in [0.25, 0.3) is 0 Å². The molecule has 0 heterocycles. The summed E-state index contributed by atoms with van der Waals surface area (Å²) in [5, 5.41) is 0. The summed E-state index contributed by atoms with van der Waals surface area (Å²) in [6, 6.07) is 2.18. The molecule has 0 fully saturated rings. The Bertz CT molecular complexity index is 331. The van der Waals surface area contributed by atoms with Gasteiger partial charge in [-0.05, 0) is 35.0 Å². The maximum absolute atomic E-state index is 13.1. The molecule has 0 saturated carbocycles. The van der Waals surface area contributed by atoms with E-state index >= 15 is 0 Å². The van der Waals surface area contributed by atoms with Crippen molar-refractivity contribution in [2.75, 3.05) is 6.61 Å². The average Bonchev–Trinajstić information content (AvgIpc) is 2.11. The van der Waals surface area contributed by atoms with E-state index in [1.807, 2.05) is 0 Å². The van der Waals surface area contributed by atoms with Gasteiger partial charge in [-0.15, -0.1) is 0 Å². The van der Waals surface area contributed by atoms with Gasteiger partial charge in [0.1, 0.15) is 6.61 Å². The molecular weight excluding hydrogens is 256 g/mol. The Morgan fingerprint density at radius 2 is 2.14 bits per heavy atom. The Balaban J connectivity index is 2.89. The zero-order valence-corrected chi connectivity index (χ0v) is 9.14. The van der Waals surface area contributed by atoms with Gasteiger partial charge in [0.15, 0.2) is 11.6 Å². The van der Waals surface area contributed by atoms with E-state index in [2.05, 4.69) is 15.9 Å². The summed E-state index contributed by atoms with van der Waals surface area (Å²) in [4.78, 5) is 0. The zero-order chi connectivity index (χ0) is 10.7. The van der Waals surface area contributed by atoms with Gasteiger partial charge in [0, 0.05) is 6.04 Å². The van der Waals surface area contributed by atoms with E-state index in [1.54, 1.807) is 6.92 Å². The fourth-order valence-electron chi connectivity index (χ4n) is 0.856. The van der Waals surface area contributed by atoms with E-state index in [-0.39, 0.29) is 18.4 Å². The molecule has 1 atom stereocenters. The summed E-state index contributed by atoms with van der Waals surface area (Å²) >= 11 is 3.06. The van der Waals surface area contributed by atoms with Crippen molar-refractivity contribution in [3.05, 3.63) is 28.2 Å². The van der Waals surface area contributed by atoms with Gasteiger partial charge in [0.25, 0.3) is 0 Å². The summed E-state index contributed by atoms with van der Waals surface area (Å²) in [7, 11) is 0. The fourth-order valence-corrected chi connectivity index (χ4v) is 1.28. The molecule has 2 nitrogen and oxygen atoms in total.